The number of carboxylic acid groups (broad SMARTS) is 1. The van der Waals surface area contributed by atoms with E-state index in [1.54, 1.807) is 4.90 Å². The Bertz CT molecular complexity index is 554. The Labute approximate surface area is 124 Å². The van der Waals surface area contributed by atoms with E-state index in [9.17, 15) is 9.59 Å². The number of carbonyl (C=O) groups excluding carboxylic acids is 1. The third kappa shape index (κ3) is 3.60. The van der Waals surface area contributed by atoms with Gasteiger partial charge in [-0.2, -0.15) is 0 Å². The molecule has 1 aliphatic carbocycles. The molecule has 1 heterocycles. The Balaban J connectivity index is 2.17. The van der Waals surface area contributed by atoms with Crippen molar-refractivity contribution in [3.05, 3.63) is 29.6 Å². The van der Waals surface area contributed by atoms with E-state index in [1.165, 1.54) is 24.8 Å². The van der Waals surface area contributed by atoms with Gasteiger partial charge < -0.3 is 10.0 Å². The predicted molar refractivity (Wildman–Crippen MR) is 77.9 cm³/mol. The number of carbonyl (C=O) groups is 2. The number of nitrogens with zero attached hydrogens (tertiary/aromatic N) is 2. The zero-order chi connectivity index (χ0) is 15.2. The summed E-state index contributed by atoms with van der Waals surface area (Å²) in [5.41, 5.74) is 0.300. The zero-order valence-corrected chi connectivity index (χ0v) is 11.8. The number of amides is 1. The summed E-state index contributed by atoms with van der Waals surface area (Å²) in [5.74, 6) is 1.25. The second kappa shape index (κ2) is 6.89. The Morgan fingerprint density at radius 1 is 1.33 bits per heavy atom. The van der Waals surface area contributed by atoms with Crippen LogP contribution < -0.4 is 0 Å². The second-order valence-corrected chi connectivity index (χ2v) is 5.17. The molecule has 21 heavy (non-hydrogen) atoms. The third-order valence-electron chi connectivity index (χ3n) is 3.77. The predicted octanol–water partition coefficient (Wildman–Crippen LogP) is 2.19. The van der Waals surface area contributed by atoms with Gasteiger partial charge in [-0.05, 0) is 25.0 Å². The lowest BCUT2D eigenvalue weighted by atomic mass is 9.93. The molecule has 110 valence electrons. The van der Waals surface area contributed by atoms with Crippen LogP contribution in [0.4, 0.5) is 0 Å². The summed E-state index contributed by atoms with van der Waals surface area (Å²) in [6.07, 6.45) is 12.0. The van der Waals surface area contributed by atoms with Crippen LogP contribution in [0.3, 0.4) is 0 Å². The summed E-state index contributed by atoms with van der Waals surface area (Å²) in [7, 11) is 0. The quantitative estimate of drug-likeness (QED) is 0.861. The molecule has 1 aliphatic rings. The van der Waals surface area contributed by atoms with Crippen LogP contribution in [0, 0.1) is 12.3 Å². The summed E-state index contributed by atoms with van der Waals surface area (Å²) in [5, 5.41) is 8.83. The number of terminal acetylenes is 1. The van der Waals surface area contributed by atoms with E-state index < -0.39 is 5.97 Å². The van der Waals surface area contributed by atoms with Crippen LogP contribution in [0.1, 0.15) is 53.0 Å². The van der Waals surface area contributed by atoms with E-state index in [0.717, 1.165) is 25.7 Å². The van der Waals surface area contributed by atoms with Gasteiger partial charge in [0.1, 0.15) is 5.69 Å². The van der Waals surface area contributed by atoms with Gasteiger partial charge in [-0.1, -0.05) is 25.2 Å². The van der Waals surface area contributed by atoms with Crippen molar-refractivity contribution < 1.29 is 14.7 Å². The average molecular weight is 286 g/mol. The number of aromatic nitrogens is 1. The molecule has 2 rings (SSSR count). The molecule has 0 spiro atoms. The highest BCUT2D eigenvalue weighted by Gasteiger charge is 2.25. The topological polar surface area (TPSA) is 70.5 Å². The molecule has 0 aliphatic heterocycles. The van der Waals surface area contributed by atoms with Crippen molar-refractivity contribution >= 4 is 11.9 Å². The van der Waals surface area contributed by atoms with Crippen molar-refractivity contribution in [2.24, 2.45) is 0 Å². The minimum absolute atomic E-state index is 0.0762. The second-order valence-electron chi connectivity index (χ2n) is 5.17. The van der Waals surface area contributed by atoms with E-state index in [2.05, 4.69) is 10.9 Å². The molecule has 5 nitrogen and oxygen atoms in total. The molecule has 0 aromatic carbocycles. The molecule has 0 saturated heterocycles. The van der Waals surface area contributed by atoms with E-state index in [1.807, 2.05) is 0 Å². The number of rotatable bonds is 4. The highest BCUT2D eigenvalue weighted by atomic mass is 16.4. The van der Waals surface area contributed by atoms with Crippen molar-refractivity contribution in [2.75, 3.05) is 6.54 Å². The molecule has 0 bridgehead atoms. The van der Waals surface area contributed by atoms with Gasteiger partial charge >= 0.3 is 5.97 Å². The van der Waals surface area contributed by atoms with E-state index >= 15 is 0 Å². The summed E-state index contributed by atoms with van der Waals surface area (Å²) >= 11 is 0. The Morgan fingerprint density at radius 3 is 2.57 bits per heavy atom. The average Bonchev–Trinajstić information content (AvgIpc) is 2.53. The molecule has 1 aromatic heterocycles. The van der Waals surface area contributed by atoms with Gasteiger partial charge in [0, 0.05) is 12.2 Å². The van der Waals surface area contributed by atoms with Crippen LogP contribution in [0.2, 0.25) is 0 Å². The zero-order valence-electron chi connectivity index (χ0n) is 11.8. The van der Waals surface area contributed by atoms with E-state index in [4.69, 9.17) is 11.5 Å². The monoisotopic (exact) mass is 286 g/mol. The summed E-state index contributed by atoms with van der Waals surface area (Å²) in [6.45, 7) is 0.268. The van der Waals surface area contributed by atoms with Gasteiger partial charge in [0.05, 0.1) is 12.1 Å². The van der Waals surface area contributed by atoms with Gasteiger partial charge in [-0.15, -0.1) is 6.42 Å². The summed E-state index contributed by atoms with van der Waals surface area (Å²) in [4.78, 5) is 28.8. The van der Waals surface area contributed by atoms with Crippen molar-refractivity contribution in [3.8, 4) is 12.3 Å². The van der Waals surface area contributed by atoms with Crippen LogP contribution in [-0.2, 0) is 0 Å². The van der Waals surface area contributed by atoms with Crippen LogP contribution >= 0.6 is 0 Å². The maximum absolute atomic E-state index is 12.6. The van der Waals surface area contributed by atoms with Crippen LogP contribution in [0.25, 0.3) is 0 Å². The van der Waals surface area contributed by atoms with Gasteiger partial charge in [0.2, 0.25) is 0 Å². The molecule has 0 atom stereocenters. The van der Waals surface area contributed by atoms with Crippen LogP contribution in [0.15, 0.2) is 18.3 Å². The lowest BCUT2D eigenvalue weighted by Gasteiger charge is -2.33. The van der Waals surface area contributed by atoms with Crippen LogP contribution in [-0.4, -0.2) is 39.5 Å². The Morgan fingerprint density at radius 2 is 2.05 bits per heavy atom. The highest BCUT2D eigenvalue weighted by molar-refractivity contribution is 5.95. The fourth-order valence-corrected chi connectivity index (χ4v) is 2.67. The normalized spacial score (nSPS) is 15.2. The van der Waals surface area contributed by atoms with E-state index in [0.29, 0.717) is 5.56 Å². The highest BCUT2D eigenvalue weighted by Crippen LogP contribution is 2.23. The fourth-order valence-electron chi connectivity index (χ4n) is 2.67. The van der Waals surface area contributed by atoms with Gasteiger partial charge in [0.15, 0.2) is 0 Å². The molecule has 1 saturated carbocycles. The van der Waals surface area contributed by atoms with Gasteiger partial charge in [0.25, 0.3) is 5.91 Å². The first-order valence-corrected chi connectivity index (χ1v) is 7.07. The minimum Gasteiger partial charge on any atom is -0.477 e. The van der Waals surface area contributed by atoms with E-state index in [-0.39, 0.29) is 24.2 Å². The number of aromatic carboxylic acids is 1. The first-order chi connectivity index (χ1) is 10.1. The SMILES string of the molecule is C#CCN(C(=O)c1ccc(C(=O)O)nc1)C1CCCCC1. The number of pyridine rings is 1. The lowest BCUT2D eigenvalue weighted by molar-refractivity contribution is 0.0659. The Kier molecular flexibility index (Phi) is 4.94. The smallest absolute Gasteiger partial charge is 0.354 e. The lowest BCUT2D eigenvalue weighted by Crippen LogP contribution is -2.41. The standard InChI is InChI=1S/C16H18N2O3/c1-2-10-18(13-6-4-3-5-7-13)15(19)12-8-9-14(16(20)21)17-11-12/h1,8-9,11,13H,3-7,10H2,(H,20,21). The van der Waals surface area contributed by atoms with Crippen LogP contribution in [0.5, 0.6) is 0 Å². The third-order valence-corrected chi connectivity index (χ3v) is 3.77. The molecule has 1 fully saturated rings. The minimum atomic E-state index is -1.11. The van der Waals surface area contributed by atoms with Crippen molar-refractivity contribution in [1.82, 2.24) is 9.88 Å². The number of hydrogen-bond donors (Lipinski definition) is 1. The van der Waals surface area contributed by atoms with Crippen molar-refractivity contribution in [3.63, 3.8) is 0 Å². The molecular formula is C16H18N2O3. The molecule has 1 aromatic rings. The van der Waals surface area contributed by atoms with Gasteiger partial charge in [-0.25, -0.2) is 9.78 Å². The molecule has 5 heteroatoms. The molecule has 1 amide bonds. The maximum atomic E-state index is 12.6. The number of hydrogen-bond acceptors (Lipinski definition) is 3. The van der Waals surface area contributed by atoms with Crippen molar-refractivity contribution in [2.45, 2.75) is 38.1 Å². The summed E-state index contributed by atoms with van der Waals surface area (Å²) in [6, 6.07) is 3.00. The first-order valence-electron chi connectivity index (χ1n) is 7.07. The largest absolute Gasteiger partial charge is 0.477 e. The molecular weight excluding hydrogens is 268 g/mol. The first kappa shape index (κ1) is 15.0. The summed E-state index contributed by atoms with van der Waals surface area (Å²) < 4.78 is 0. The molecule has 0 radical (unpaired) electrons. The van der Waals surface area contributed by atoms with Crippen molar-refractivity contribution in [1.29, 1.82) is 0 Å². The van der Waals surface area contributed by atoms with Gasteiger partial charge in [-0.3, -0.25) is 4.79 Å². The molecule has 0 unspecified atom stereocenters. The maximum Gasteiger partial charge on any atom is 0.354 e. The number of carboxylic acids is 1. The fraction of sp³-hybridized carbons (Fsp3) is 0.438. The molecule has 1 N–H and O–H groups in total. The Hall–Kier alpha value is -2.35.